The van der Waals surface area contributed by atoms with Crippen molar-refractivity contribution in [3.63, 3.8) is 0 Å². The van der Waals surface area contributed by atoms with Gasteiger partial charge in [-0.05, 0) is 89.6 Å². The maximum Gasteiger partial charge on any atom is 0.223 e. The standard InChI is InChI=1S/C24H47N3O3/c1-4-26-13-9-23(10-14-26)24(28)25-11-18-30-20-19-29-17-6-5-12-27-15-7-22(8-16-27)21(2)3/h21-23H,4-20H2,1-3H3,(H,25,28). The van der Waals surface area contributed by atoms with Crippen LogP contribution in [-0.4, -0.2) is 87.9 Å². The molecule has 0 saturated carbocycles. The normalized spacial score (nSPS) is 20.1. The SMILES string of the molecule is CCN1CCC(C(=O)NCCOCCOCCCCN2CCC(C(C)C)CC2)CC1. The van der Waals surface area contributed by atoms with Gasteiger partial charge in [0.1, 0.15) is 0 Å². The topological polar surface area (TPSA) is 54.0 Å². The molecule has 2 aliphatic heterocycles. The maximum atomic E-state index is 12.2. The molecule has 0 aliphatic carbocycles. The molecule has 0 aromatic rings. The van der Waals surface area contributed by atoms with Crippen LogP contribution in [0.25, 0.3) is 0 Å². The lowest BCUT2D eigenvalue weighted by molar-refractivity contribution is -0.126. The summed E-state index contributed by atoms with van der Waals surface area (Å²) < 4.78 is 11.3. The molecule has 2 aliphatic rings. The third kappa shape index (κ3) is 10.1. The minimum atomic E-state index is 0.178. The Balaban J connectivity index is 1.33. The Morgan fingerprint density at radius 3 is 2.17 bits per heavy atom. The second-order valence-electron chi connectivity index (χ2n) is 9.35. The van der Waals surface area contributed by atoms with E-state index < -0.39 is 0 Å². The van der Waals surface area contributed by atoms with Crippen molar-refractivity contribution < 1.29 is 14.3 Å². The van der Waals surface area contributed by atoms with Crippen LogP contribution in [0.15, 0.2) is 0 Å². The van der Waals surface area contributed by atoms with Crippen LogP contribution in [-0.2, 0) is 14.3 Å². The van der Waals surface area contributed by atoms with Crippen LogP contribution >= 0.6 is 0 Å². The van der Waals surface area contributed by atoms with Gasteiger partial charge < -0.3 is 24.6 Å². The van der Waals surface area contributed by atoms with Gasteiger partial charge in [0.2, 0.25) is 5.91 Å². The van der Waals surface area contributed by atoms with E-state index in [0.717, 1.165) is 57.3 Å². The molecule has 1 N–H and O–H groups in total. The number of rotatable bonds is 14. The summed E-state index contributed by atoms with van der Waals surface area (Å²) in [5, 5.41) is 3.02. The minimum absolute atomic E-state index is 0.178. The largest absolute Gasteiger partial charge is 0.379 e. The second-order valence-corrected chi connectivity index (χ2v) is 9.35. The molecule has 1 amide bonds. The summed E-state index contributed by atoms with van der Waals surface area (Å²) in [4.78, 5) is 17.2. The molecule has 30 heavy (non-hydrogen) atoms. The highest BCUT2D eigenvalue weighted by Gasteiger charge is 2.23. The van der Waals surface area contributed by atoms with Gasteiger partial charge in [0, 0.05) is 19.1 Å². The van der Waals surface area contributed by atoms with Crippen LogP contribution < -0.4 is 5.32 Å². The summed E-state index contributed by atoms with van der Waals surface area (Å²) in [5.41, 5.74) is 0. The molecule has 0 aromatic heterocycles. The fourth-order valence-electron chi connectivity index (χ4n) is 4.61. The molecule has 0 aromatic carbocycles. The molecule has 2 rings (SSSR count). The zero-order valence-electron chi connectivity index (χ0n) is 19.9. The monoisotopic (exact) mass is 425 g/mol. The number of nitrogens with zero attached hydrogens (tertiary/aromatic N) is 2. The summed E-state index contributed by atoms with van der Waals surface area (Å²) in [6, 6.07) is 0. The van der Waals surface area contributed by atoms with E-state index in [9.17, 15) is 4.79 Å². The first-order valence-corrected chi connectivity index (χ1v) is 12.5. The Labute approximate surface area is 185 Å². The number of unbranched alkanes of at least 4 members (excludes halogenated alkanes) is 1. The van der Waals surface area contributed by atoms with Crippen LogP contribution in [0.1, 0.15) is 59.3 Å². The third-order valence-corrected chi connectivity index (χ3v) is 6.91. The van der Waals surface area contributed by atoms with E-state index in [0.29, 0.717) is 26.4 Å². The minimum Gasteiger partial charge on any atom is -0.379 e. The number of carbonyl (C=O) groups excluding carboxylic acids is 1. The molecule has 0 spiro atoms. The predicted molar refractivity (Wildman–Crippen MR) is 123 cm³/mol. The Kier molecular flexibility index (Phi) is 12.9. The lowest BCUT2D eigenvalue weighted by atomic mass is 9.87. The van der Waals surface area contributed by atoms with E-state index >= 15 is 0 Å². The maximum absolute atomic E-state index is 12.2. The van der Waals surface area contributed by atoms with E-state index in [-0.39, 0.29) is 11.8 Å². The number of carbonyl (C=O) groups is 1. The van der Waals surface area contributed by atoms with Gasteiger partial charge in [0.25, 0.3) is 0 Å². The molecule has 0 radical (unpaired) electrons. The van der Waals surface area contributed by atoms with Gasteiger partial charge in [-0.3, -0.25) is 4.79 Å². The second kappa shape index (κ2) is 15.2. The fraction of sp³-hybridized carbons (Fsp3) is 0.958. The molecule has 6 nitrogen and oxygen atoms in total. The number of hydrogen-bond acceptors (Lipinski definition) is 5. The van der Waals surface area contributed by atoms with Crippen molar-refractivity contribution in [1.82, 2.24) is 15.1 Å². The first-order valence-electron chi connectivity index (χ1n) is 12.5. The third-order valence-electron chi connectivity index (χ3n) is 6.91. The van der Waals surface area contributed by atoms with Gasteiger partial charge in [0.05, 0.1) is 19.8 Å². The van der Waals surface area contributed by atoms with E-state index in [1.807, 2.05) is 0 Å². The molecule has 0 bridgehead atoms. The van der Waals surface area contributed by atoms with Crippen molar-refractivity contribution in [2.24, 2.45) is 17.8 Å². The van der Waals surface area contributed by atoms with E-state index in [4.69, 9.17) is 9.47 Å². The first kappa shape index (κ1) is 25.6. The van der Waals surface area contributed by atoms with Gasteiger partial charge in [-0.15, -0.1) is 0 Å². The zero-order valence-corrected chi connectivity index (χ0v) is 19.9. The average Bonchev–Trinajstić information content (AvgIpc) is 2.77. The summed E-state index contributed by atoms with van der Waals surface area (Å²) >= 11 is 0. The smallest absolute Gasteiger partial charge is 0.223 e. The number of ether oxygens (including phenoxy) is 2. The van der Waals surface area contributed by atoms with Gasteiger partial charge in [-0.2, -0.15) is 0 Å². The quantitative estimate of drug-likeness (QED) is 0.434. The average molecular weight is 426 g/mol. The number of hydrogen-bond donors (Lipinski definition) is 1. The van der Waals surface area contributed by atoms with Gasteiger partial charge in [-0.1, -0.05) is 20.8 Å². The van der Waals surface area contributed by atoms with E-state index in [1.54, 1.807) is 0 Å². The van der Waals surface area contributed by atoms with Crippen molar-refractivity contribution in [3.8, 4) is 0 Å². The van der Waals surface area contributed by atoms with Crippen LogP contribution in [0.2, 0.25) is 0 Å². The zero-order chi connectivity index (χ0) is 21.6. The Morgan fingerprint density at radius 2 is 1.53 bits per heavy atom. The molecule has 2 heterocycles. The molecule has 176 valence electrons. The number of amides is 1. The number of piperidine rings is 2. The molecular weight excluding hydrogens is 378 g/mol. The fourth-order valence-corrected chi connectivity index (χ4v) is 4.61. The molecular formula is C24H47N3O3. The molecule has 2 fully saturated rings. The van der Waals surface area contributed by atoms with Crippen molar-refractivity contribution >= 4 is 5.91 Å². The Morgan fingerprint density at radius 1 is 0.900 bits per heavy atom. The Hall–Kier alpha value is -0.690. The highest BCUT2D eigenvalue weighted by Crippen LogP contribution is 2.24. The summed E-state index contributed by atoms with van der Waals surface area (Å²) in [6.45, 7) is 17.0. The van der Waals surface area contributed by atoms with Gasteiger partial charge in [-0.25, -0.2) is 0 Å². The molecule has 0 atom stereocenters. The summed E-state index contributed by atoms with van der Waals surface area (Å²) in [5.74, 6) is 2.14. The van der Waals surface area contributed by atoms with Gasteiger partial charge >= 0.3 is 0 Å². The highest BCUT2D eigenvalue weighted by atomic mass is 16.5. The van der Waals surface area contributed by atoms with Crippen LogP contribution in [0.3, 0.4) is 0 Å². The van der Waals surface area contributed by atoms with Crippen molar-refractivity contribution in [1.29, 1.82) is 0 Å². The van der Waals surface area contributed by atoms with E-state index in [2.05, 4.69) is 35.9 Å². The molecule has 2 saturated heterocycles. The van der Waals surface area contributed by atoms with Crippen molar-refractivity contribution in [2.45, 2.75) is 59.3 Å². The van der Waals surface area contributed by atoms with E-state index in [1.165, 1.54) is 38.9 Å². The van der Waals surface area contributed by atoms with Crippen LogP contribution in [0.4, 0.5) is 0 Å². The Bertz CT molecular complexity index is 445. The van der Waals surface area contributed by atoms with Crippen molar-refractivity contribution in [3.05, 3.63) is 0 Å². The number of nitrogens with one attached hydrogen (secondary N) is 1. The summed E-state index contributed by atoms with van der Waals surface area (Å²) in [6.07, 6.45) is 7.02. The predicted octanol–water partition coefficient (Wildman–Crippen LogP) is 3.02. The van der Waals surface area contributed by atoms with Crippen molar-refractivity contribution in [2.75, 3.05) is 72.2 Å². The van der Waals surface area contributed by atoms with Gasteiger partial charge in [0.15, 0.2) is 0 Å². The highest BCUT2D eigenvalue weighted by molar-refractivity contribution is 5.78. The first-order chi connectivity index (χ1) is 14.6. The summed E-state index contributed by atoms with van der Waals surface area (Å²) in [7, 11) is 0. The van der Waals surface area contributed by atoms with Crippen LogP contribution in [0.5, 0.6) is 0 Å². The molecule has 0 unspecified atom stereocenters. The number of likely N-dealkylation sites (tertiary alicyclic amines) is 2. The lowest BCUT2D eigenvalue weighted by Gasteiger charge is -2.33. The molecule has 6 heteroatoms. The lowest BCUT2D eigenvalue weighted by Crippen LogP contribution is -2.41. The van der Waals surface area contributed by atoms with Crippen LogP contribution in [0, 0.1) is 17.8 Å².